The Morgan fingerprint density at radius 1 is 1.41 bits per heavy atom. The fourth-order valence-corrected chi connectivity index (χ4v) is 1.36. The molecular weight excluding hydrogens is 265 g/mol. The number of nitrogens with one attached hydrogen (secondary N) is 1. The molecule has 92 valence electrons. The largest absolute Gasteiger partial charge is 0.465 e. The number of carbonyl (C=O) groups is 2. The highest BCUT2D eigenvalue weighted by molar-refractivity contribution is 6.34. The number of carbonyl (C=O) groups excluding carboxylic acids is 2. The lowest BCUT2D eigenvalue weighted by atomic mass is 10.2. The minimum absolute atomic E-state index is 0.189. The van der Waals surface area contributed by atoms with Gasteiger partial charge in [-0.15, -0.1) is 11.6 Å². The second-order valence-corrected chi connectivity index (χ2v) is 4.35. The molecule has 0 spiro atoms. The SMILES string of the molecule is COC(=O)c1cc(NC(=O)C(C)Cl)ccc1Cl. The maximum absolute atomic E-state index is 11.4. The zero-order valence-corrected chi connectivity index (χ0v) is 10.8. The van der Waals surface area contributed by atoms with Gasteiger partial charge in [0.2, 0.25) is 5.91 Å². The van der Waals surface area contributed by atoms with Gasteiger partial charge >= 0.3 is 5.97 Å². The van der Waals surface area contributed by atoms with E-state index in [9.17, 15) is 9.59 Å². The number of alkyl halides is 1. The quantitative estimate of drug-likeness (QED) is 0.682. The van der Waals surface area contributed by atoms with Gasteiger partial charge in [0.05, 0.1) is 17.7 Å². The highest BCUT2D eigenvalue weighted by Crippen LogP contribution is 2.21. The van der Waals surface area contributed by atoms with E-state index in [1.165, 1.54) is 19.2 Å². The van der Waals surface area contributed by atoms with Crippen molar-refractivity contribution in [2.75, 3.05) is 12.4 Å². The van der Waals surface area contributed by atoms with Gasteiger partial charge in [-0.2, -0.15) is 0 Å². The van der Waals surface area contributed by atoms with Gasteiger partial charge in [0, 0.05) is 5.69 Å². The molecule has 1 aromatic rings. The summed E-state index contributed by atoms with van der Waals surface area (Å²) >= 11 is 11.4. The minimum Gasteiger partial charge on any atom is -0.465 e. The average Bonchev–Trinajstić information content (AvgIpc) is 2.30. The summed E-state index contributed by atoms with van der Waals surface area (Å²) in [4.78, 5) is 22.7. The van der Waals surface area contributed by atoms with E-state index in [1.807, 2.05) is 0 Å². The molecule has 0 saturated heterocycles. The number of benzene rings is 1. The Kier molecular flexibility index (Phi) is 4.78. The monoisotopic (exact) mass is 275 g/mol. The van der Waals surface area contributed by atoms with E-state index in [1.54, 1.807) is 13.0 Å². The molecule has 0 aliphatic rings. The lowest BCUT2D eigenvalue weighted by molar-refractivity contribution is -0.115. The van der Waals surface area contributed by atoms with Gasteiger partial charge in [-0.3, -0.25) is 4.79 Å². The highest BCUT2D eigenvalue weighted by atomic mass is 35.5. The van der Waals surface area contributed by atoms with Crippen molar-refractivity contribution in [3.63, 3.8) is 0 Å². The van der Waals surface area contributed by atoms with E-state index >= 15 is 0 Å². The summed E-state index contributed by atoms with van der Waals surface area (Å²) in [6, 6.07) is 4.51. The van der Waals surface area contributed by atoms with Crippen molar-refractivity contribution < 1.29 is 14.3 Å². The van der Waals surface area contributed by atoms with Gasteiger partial charge in [0.1, 0.15) is 5.38 Å². The van der Waals surface area contributed by atoms with Crippen molar-refractivity contribution in [1.82, 2.24) is 0 Å². The maximum atomic E-state index is 11.4. The third-order valence-corrected chi connectivity index (χ3v) is 2.53. The first-order valence-electron chi connectivity index (χ1n) is 4.78. The van der Waals surface area contributed by atoms with Crippen LogP contribution in [0.1, 0.15) is 17.3 Å². The Hall–Kier alpha value is -1.26. The number of halogens is 2. The van der Waals surface area contributed by atoms with E-state index < -0.39 is 11.3 Å². The van der Waals surface area contributed by atoms with Crippen molar-refractivity contribution in [2.24, 2.45) is 0 Å². The molecule has 0 aromatic heterocycles. The molecule has 0 aliphatic heterocycles. The molecule has 17 heavy (non-hydrogen) atoms. The van der Waals surface area contributed by atoms with Crippen LogP contribution in [-0.4, -0.2) is 24.4 Å². The predicted octanol–water partition coefficient (Wildman–Crippen LogP) is 2.69. The summed E-state index contributed by atoms with van der Waals surface area (Å²) in [5.74, 6) is -0.921. The first-order valence-corrected chi connectivity index (χ1v) is 5.60. The second-order valence-electron chi connectivity index (χ2n) is 3.29. The number of hydrogen-bond donors (Lipinski definition) is 1. The minimum atomic E-state index is -0.660. The zero-order chi connectivity index (χ0) is 13.0. The van der Waals surface area contributed by atoms with E-state index in [-0.39, 0.29) is 16.5 Å². The van der Waals surface area contributed by atoms with Crippen LogP contribution >= 0.6 is 23.2 Å². The summed E-state index contributed by atoms with van der Waals surface area (Å²) < 4.78 is 4.56. The lowest BCUT2D eigenvalue weighted by Crippen LogP contribution is -2.20. The Balaban J connectivity index is 2.97. The van der Waals surface area contributed by atoms with Crippen LogP contribution in [0.5, 0.6) is 0 Å². The van der Waals surface area contributed by atoms with E-state index in [2.05, 4.69) is 10.1 Å². The number of methoxy groups -OCH3 is 1. The molecule has 1 amide bonds. The summed E-state index contributed by atoms with van der Waals surface area (Å²) in [7, 11) is 1.25. The molecule has 0 heterocycles. The van der Waals surface area contributed by atoms with Crippen LogP contribution in [0.15, 0.2) is 18.2 Å². The van der Waals surface area contributed by atoms with Gasteiger partial charge in [-0.25, -0.2) is 4.79 Å². The molecule has 0 fully saturated rings. The Morgan fingerprint density at radius 3 is 2.59 bits per heavy atom. The Bertz CT molecular complexity index is 446. The number of amides is 1. The van der Waals surface area contributed by atoms with Crippen LogP contribution in [0, 0.1) is 0 Å². The van der Waals surface area contributed by atoms with Crippen LogP contribution in [0.25, 0.3) is 0 Å². The first kappa shape index (κ1) is 13.8. The molecule has 0 bridgehead atoms. The van der Waals surface area contributed by atoms with Crippen LogP contribution in [0.3, 0.4) is 0 Å². The molecule has 6 heteroatoms. The van der Waals surface area contributed by atoms with E-state index in [0.717, 1.165) is 0 Å². The zero-order valence-electron chi connectivity index (χ0n) is 9.29. The molecule has 1 aromatic carbocycles. The summed E-state index contributed by atoms with van der Waals surface area (Å²) in [5, 5.41) is 2.15. The molecule has 0 aliphatic carbocycles. The van der Waals surface area contributed by atoms with Gasteiger partial charge in [0.25, 0.3) is 0 Å². The molecule has 0 radical (unpaired) electrons. The molecular formula is C11H11Cl2NO3. The van der Waals surface area contributed by atoms with E-state index in [0.29, 0.717) is 5.69 Å². The highest BCUT2D eigenvalue weighted by Gasteiger charge is 2.14. The number of anilines is 1. The fraction of sp³-hybridized carbons (Fsp3) is 0.273. The standard InChI is InChI=1S/C11H11Cl2NO3/c1-6(12)10(15)14-7-3-4-9(13)8(5-7)11(16)17-2/h3-6H,1-2H3,(H,14,15). The predicted molar refractivity (Wildman–Crippen MR) is 66.7 cm³/mol. The first-order chi connectivity index (χ1) is 7.95. The smallest absolute Gasteiger partial charge is 0.339 e. The number of esters is 1. The van der Waals surface area contributed by atoms with Crippen molar-refractivity contribution in [3.8, 4) is 0 Å². The average molecular weight is 276 g/mol. The van der Waals surface area contributed by atoms with Gasteiger partial charge in [-0.1, -0.05) is 11.6 Å². The van der Waals surface area contributed by atoms with Crippen molar-refractivity contribution in [2.45, 2.75) is 12.3 Å². The van der Waals surface area contributed by atoms with Gasteiger partial charge < -0.3 is 10.1 Å². The number of hydrogen-bond acceptors (Lipinski definition) is 3. The Labute approximate surface area is 109 Å². The van der Waals surface area contributed by atoms with Gasteiger partial charge in [-0.05, 0) is 25.1 Å². The molecule has 1 unspecified atom stereocenters. The topological polar surface area (TPSA) is 55.4 Å². The van der Waals surface area contributed by atoms with Crippen molar-refractivity contribution in [3.05, 3.63) is 28.8 Å². The third kappa shape index (κ3) is 3.61. The Morgan fingerprint density at radius 2 is 2.06 bits per heavy atom. The molecule has 1 atom stereocenters. The summed E-state index contributed by atoms with van der Waals surface area (Å²) in [5.41, 5.74) is 0.626. The van der Waals surface area contributed by atoms with Crippen LogP contribution in [0.4, 0.5) is 5.69 Å². The van der Waals surface area contributed by atoms with Crippen LogP contribution in [-0.2, 0) is 9.53 Å². The van der Waals surface area contributed by atoms with Crippen molar-refractivity contribution >= 4 is 40.8 Å². The maximum Gasteiger partial charge on any atom is 0.339 e. The van der Waals surface area contributed by atoms with Crippen LogP contribution in [0.2, 0.25) is 5.02 Å². The normalized spacial score (nSPS) is 11.8. The third-order valence-electron chi connectivity index (χ3n) is 2.00. The molecule has 1 N–H and O–H groups in total. The van der Waals surface area contributed by atoms with Crippen LogP contribution < -0.4 is 5.32 Å². The lowest BCUT2D eigenvalue weighted by Gasteiger charge is -2.08. The molecule has 4 nitrogen and oxygen atoms in total. The second kappa shape index (κ2) is 5.89. The fourth-order valence-electron chi connectivity index (χ4n) is 1.11. The number of rotatable bonds is 3. The van der Waals surface area contributed by atoms with E-state index in [4.69, 9.17) is 23.2 Å². The summed E-state index contributed by atoms with van der Waals surface area (Å²) in [6.45, 7) is 1.55. The molecule has 1 rings (SSSR count). The summed E-state index contributed by atoms with van der Waals surface area (Å²) in [6.07, 6.45) is 0. The number of ether oxygens (including phenoxy) is 1. The van der Waals surface area contributed by atoms with Gasteiger partial charge in [0.15, 0.2) is 0 Å². The molecule has 0 saturated carbocycles. The van der Waals surface area contributed by atoms with Crippen molar-refractivity contribution in [1.29, 1.82) is 0 Å².